The summed E-state index contributed by atoms with van der Waals surface area (Å²) in [6.45, 7) is 6.38. The summed E-state index contributed by atoms with van der Waals surface area (Å²) in [4.78, 5) is 4.16. The maximum absolute atomic E-state index is 6.01. The fourth-order valence-corrected chi connectivity index (χ4v) is 1.74. The van der Waals surface area contributed by atoms with Gasteiger partial charge in [-0.15, -0.1) is 0 Å². The topological polar surface area (TPSA) is 30.7 Å². The molecule has 2 rings (SSSR count). The molecule has 0 atom stereocenters. The van der Waals surface area contributed by atoms with Gasteiger partial charge in [-0.3, -0.25) is 0 Å². The van der Waals surface area contributed by atoms with Gasteiger partial charge in [-0.2, -0.15) is 5.10 Å². The number of nitrogens with zero attached hydrogens (tertiary/aromatic N) is 3. The van der Waals surface area contributed by atoms with Crippen LogP contribution in [0.2, 0.25) is 5.28 Å². The molecule has 0 saturated heterocycles. The lowest BCUT2D eigenvalue weighted by Crippen LogP contribution is -2.02. The van der Waals surface area contributed by atoms with E-state index in [1.54, 1.807) is 4.68 Å². The molecule has 1 aromatic heterocycles. The molecule has 2 aromatic rings. The predicted octanol–water partition coefficient (Wildman–Crippen LogP) is 3.19. The SMILES string of the molecule is C=Cc1ccc(Cn2nc(CC)nc2Cl)cc1. The smallest absolute Gasteiger partial charge is 0.221 e. The minimum Gasteiger partial charge on any atom is -0.232 e. The third-order valence-electron chi connectivity index (χ3n) is 2.53. The van der Waals surface area contributed by atoms with E-state index in [0.29, 0.717) is 11.8 Å². The molecule has 0 radical (unpaired) electrons. The fraction of sp³-hybridized carbons (Fsp3) is 0.231. The fourth-order valence-electron chi connectivity index (χ4n) is 1.55. The molecule has 0 N–H and O–H groups in total. The minimum atomic E-state index is 0.439. The first-order valence-electron chi connectivity index (χ1n) is 5.53. The highest BCUT2D eigenvalue weighted by atomic mass is 35.5. The van der Waals surface area contributed by atoms with Gasteiger partial charge in [-0.25, -0.2) is 9.67 Å². The molecule has 0 aliphatic carbocycles. The first-order valence-corrected chi connectivity index (χ1v) is 5.91. The van der Waals surface area contributed by atoms with Gasteiger partial charge in [-0.05, 0) is 22.7 Å². The van der Waals surface area contributed by atoms with Gasteiger partial charge >= 0.3 is 0 Å². The second-order valence-corrected chi connectivity index (χ2v) is 4.09. The van der Waals surface area contributed by atoms with Crippen molar-refractivity contribution in [3.8, 4) is 0 Å². The van der Waals surface area contributed by atoms with Crippen molar-refractivity contribution in [1.29, 1.82) is 0 Å². The summed E-state index contributed by atoms with van der Waals surface area (Å²) in [6.07, 6.45) is 2.61. The average molecular weight is 248 g/mol. The van der Waals surface area contributed by atoms with Gasteiger partial charge in [0.15, 0.2) is 5.82 Å². The number of hydrogen-bond acceptors (Lipinski definition) is 2. The number of benzene rings is 1. The second-order valence-electron chi connectivity index (χ2n) is 3.75. The molecule has 0 fully saturated rings. The van der Waals surface area contributed by atoms with Crippen LogP contribution in [0.25, 0.3) is 6.08 Å². The van der Waals surface area contributed by atoms with Crippen LogP contribution >= 0.6 is 11.6 Å². The lowest BCUT2D eigenvalue weighted by Gasteiger charge is -2.02. The Labute approximate surface area is 106 Å². The lowest BCUT2D eigenvalue weighted by molar-refractivity contribution is 0.674. The normalized spacial score (nSPS) is 10.5. The van der Waals surface area contributed by atoms with Crippen LogP contribution in [0, 0.1) is 0 Å². The highest BCUT2D eigenvalue weighted by Crippen LogP contribution is 2.11. The van der Waals surface area contributed by atoms with Crippen LogP contribution in [0.4, 0.5) is 0 Å². The molecule has 0 unspecified atom stereocenters. The summed E-state index contributed by atoms with van der Waals surface area (Å²) in [5.74, 6) is 0.776. The summed E-state index contributed by atoms with van der Waals surface area (Å²) >= 11 is 6.01. The Bertz CT molecular complexity index is 514. The van der Waals surface area contributed by atoms with Crippen molar-refractivity contribution in [3.63, 3.8) is 0 Å². The van der Waals surface area contributed by atoms with E-state index in [1.165, 1.54) is 0 Å². The number of aromatic nitrogens is 3. The molecule has 0 saturated carbocycles. The van der Waals surface area contributed by atoms with Crippen LogP contribution in [0.1, 0.15) is 23.9 Å². The molecule has 0 amide bonds. The van der Waals surface area contributed by atoms with E-state index in [0.717, 1.165) is 23.4 Å². The van der Waals surface area contributed by atoms with Crippen LogP contribution in [-0.2, 0) is 13.0 Å². The van der Waals surface area contributed by atoms with Gasteiger partial charge < -0.3 is 0 Å². The number of aryl methyl sites for hydroxylation is 1. The molecule has 0 spiro atoms. The zero-order valence-electron chi connectivity index (χ0n) is 9.73. The van der Waals surface area contributed by atoms with Crippen molar-refractivity contribution in [2.24, 2.45) is 0 Å². The Hall–Kier alpha value is -1.61. The molecule has 1 aromatic carbocycles. The van der Waals surface area contributed by atoms with E-state index in [4.69, 9.17) is 11.6 Å². The van der Waals surface area contributed by atoms with E-state index >= 15 is 0 Å². The van der Waals surface area contributed by atoms with Crippen LogP contribution in [0.3, 0.4) is 0 Å². The third-order valence-corrected chi connectivity index (χ3v) is 2.81. The zero-order valence-corrected chi connectivity index (χ0v) is 10.5. The van der Waals surface area contributed by atoms with Crippen molar-refractivity contribution in [2.45, 2.75) is 19.9 Å². The van der Waals surface area contributed by atoms with Gasteiger partial charge in [-0.1, -0.05) is 43.8 Å². The third kappa shape index (κ3) is 2.74. The Morgan fingerprint density at radius 2 is 2.06 bits per heavy atom. The molecule has 0 aliphatic rings. The summed E-state index contributed by atoms with van der Waals surface area (Å²) in [5.41, 5.74) is 2.25. The number of hydrogen-bond donors (Lipinski definition) is 0. The molecular weight excluding hydrogens is 234 g/mol. The van der Waals surface area contributed by atoms with Gasteiger partial charge in [0, 0.05) is 6.42 Å². The largest absolute Gasteiger partial charge is 0.232 e. The van der Waals surface area contributed by atoms with Crippen LogP contribution in [0.15, 0.2) is 30.8 Å². The Morgan fingerprint density at radius 1 is 1.35 bits per heavy atom. The van der Waals surface area contributed by atoms with Crippen molar-refractivity contribution in [2.75, 3.05) is 0 Å². The zero-order chi connectivity index (χ0) is 12.3. The van der Waals surface area contributed by atoms with E-state index in [9.17, 15) is 0 Å². The van der Waals surface area contributed by atoms with Crippen molar-refractivity contribution in [3.05, 3.63) is 53.1 Å². The molecule has 0 bridgehead atoms. The van der Waals surface area contributed by atoms with E-state index in [1.807, 2.05) is 37.3 Å². The van der Waals surface area contributed by atoms with Crippen LogP contribution < -0.4 is 0 Å². The highest BCUT2D eigenvalue weighted by molar-refractivity contribution is 6.28. The maximum atomic E-state index is 6.01. The van der Waals surface area contributed by atoms with Gasteiger partial charge in [0.25, 0.3) is 0 Å². The molecule has 1 heterocycles. The lowest BCUT2D eigenvalue weighted by atomic mass is 10.1. The Kier molecular flexibility index (Phi) is 3.59. The standard InChI is InChI=1S/C13H14ClN3/c1-3-10-5-7-11(8-6-10)9-17-13(14)15-12(4-2)16-17/h3,5-8H,1,4,9H2,2H3. The first kappa shape index (κ1) is 11.9. The van der Waals surface area contributed by atoms with Crippen LogP contribution in [-0.4, -0.2) is 14.8 Å². The maximum Gasteiger partial charge on any atom is 0.221 e. The first-order chi connectivity index (χ1) is 8.22. The second kappa shape index (κ2) is 5.15. The van der Waals surface area contributed by atoms with Gasteiger partial charge in [0.05, 0.1) is 6.54 Å². The molecule has 88 valence electrons. The van der Waals surface area contributed by atoms with Gasteiger partial charge in [0.1, 0.15) is 0 Å². The summed E-state index contributed by atoms with van der Waals surface area (Å²) in [6, 6.07) is 8.13. The van der Waals surface area contributed by atoms with E-state index < -0.39 is 0 Å². The summed E-state index contributed by atoms with van der Waals surface area (Å²) < 4.78 is 1.71. The molecular formula is C13H14ClN3. The summed E-state index contributed by atoms with van der Waals surface area (Å²) in [5, 5.41) is 4.76. The molecule has 4 heteroatoms. The molecule has 17 heavy (non-hydrogen) atoms. The summed E-state index contributed by atoms with van der Waals surface area (Å²) in [7, 11) is 0. The Balaban J connectivity index is 2.18. The van der Waals surface area contributed by atoms with Gasteiger partial charge in [0.2, 0.25) is 5.28 Å². The number of halogens is 1. The van der Waals surface area contributed by atoms with Crippen molar-refractivity contribution >= 4 is 17.7 Å². The van der Waals surface area contributed by atoms with E-state index in [-0.39, 0.29) is 0 Å². The quantitative estimate of drug-likeness (QED) is 0.831. The minimum absolute atomic E-state index is 0.439. The van der Waals surface area contributed by atoms with E-state index in [2.05, 4.69) is 16.7 Å². The Morgan fingerprint density at radius 3 is 2.59 bits per heavy atom. The predicted molar refractivity (Wildman–Crippen MR) is 70.0 cm³/mol. The highest BCUT2D eigenvalue weighted by Gasteiger charge is 2.06. The number of rotatable bonds is 4. The monoisotopic (exact) mass is 247 g/mol. The molecule has 3 nitrogen and oxygen atoms in total. The van der Waals surface area contributed by atoms with Crippen LogP contribution in [0.5, 0.6) is 0 Å². The van der Waals surface area contributed by atoms with Crippen molar-refractivity contribution < 1.29 is 0 Å². The van der Waals surface area contributed by atoms with Crippen molar-refractivity contribution in [1.82, 2.24) is 14.8 Å². The molecule has 0 aliphatic heterocycles. The average Bonchev–Trinajstić information content (AvgIpc) is 2.71.